The molecule has 0 unspecified atom stereocenters. The Hall–Kier alpha value is -2.51. The summed E-state index contributed by atoms with van der Waals surface area (Å²) >= 11 is 0. The minimum absolute atomic E-state index is 0.0393. The second-order valence-corrected chi connectivity index (χ2v) is 7.60. The molecular weight excluding hydrogens is 340 g/mol. The molecular formula is C18H20N2O4S. The topological polar surface area (TPSA) is 97.5 Å². The quantitative estimate of drug-likeness (QED) is 0.725. The zero-order valence-electron chi connectivity index (χ0n) is 13.9. The number of nitrogens with two attached hydrogens (primary N) is 1. The number of amides is 1. The van der Waals surface area contributed by atoms with Crippen LogP contribution in [0, 0.1) is 6.92 Å². The van der Waals surface area contributed by atoms with Crippen molar-refractivity contribution < 1.29 is 18.0 Å². The second-order valence-electron chi connectivity index (χ2n) is 5.66. The molecule has 132 valence electrons. The van der Waals surface area contributed by atoms with Gasteiger partial charge in [-0.05, 0) is 19.1 Å². The van der Waals surface area contributed by atoms with Gasteiger partial charge in [-0.1, -0.05) is 48.0 Å². The first-order chi connectivity index (χ1) is 11.8. The molecule has 0 saturated heterocycles. The third kappa shape index (κ3) is 4.98. The molecule has 6 nitrogen and oxygen atoms in total. The summed E-state index contributed by atoms with van der Waals surface area (Å²) in [4.78, 5) is 23.6. The Kier molecular flexibility index (Phi) is 6.06. The molecule has 0 aliphatic heterocycles. The molecule has 25 heavy (non-hydrogen) atoms. The Morgan fingerprint density at radius 3 is 2.16 bits per heavy atom. The van der Waals surface area contributed by atoms with Gasteiger partial charge in [-0.3, -0.25) is 9.59 Å². The van der Waals surface area contributed by atoms with E-state index in [-0.39, 0.29) is 23.6 Å². The van der Waals surface area contributed by atoms with E-state index >= 15 is 0 Å². The van der Waals surface area contributed by atoms with E-state index in [0.29, 0.717) is 5.56 Å². The molecule has 0 spiro atoms. The molecule has 0 aliphatic carbocycles. The third-order valence-electron chi connectivity index (χ3n) is 3.67. The number of hydrogen-bond donors (Lipinski definition) is 1. The molecule has 2 aromatic rings. The average molecular weight is 360 g/mol. The highest BCUT2D eigenvalue weighted by atomic mass is 32.2. The summed E-state index contributed by atoms with van der Waals surface area (Å²) in [5.41, 5.74) is 6.59. The third-order valence-corrected chi connectivity index (χ3v) is 5.53. The molecule has 7 heteroatoms. The maximum Gasteiger partial charge on any atom is 0.243 e. The maximum absolute atomic E-state index is 12.7. The van der Waals surface area contributed by atoms with Gasteiger partial charge in [0, 0.05) is 18.5 Å². The van der Waals surface area contributed by atoms with Crippen LogP contribution in [0.25, 0.3) is 0 Å². The van der Waals surface area contributed by atoms with E-state index in [9.17, 15) is 18.0 Å². The number of carbonyl (C=O) groups is 2. The first-order valence-electron chi connectivity index (χ1n) is 7.74. The minimum atomic E-state index is -3.91. The minimum Gasteiger partial charge on any atom is -0.369 e. The van der Waals surface area contributed by atoms with Crippen LogP contribution in [0.15, 0.2) is 59.5 Å². The lowest BCUT2D eigenvalue weighted by Crippen LogP contribution is -2.39. The van der Waals surface area contributed by atoms with Crippen molar-refractivity contribution in [1.82, 2.24) is 4.31 Å². The summed E-state index contributed by atoms with van der Waals surface area (Å²) in [6, 6.07) is 14.9. The molecule has 2 rings (SSSR count). The van der Waals surface area contributed by atoms with E-state index in [2.05, 4.69) is 0 Å². The monoisotopic (exact) mass is 360 g/mol. The zero-order valence-corrected chi connectivity index (χ0v) is 14.7. The lowest BCUT2D eigenvalue weighted by molar-refractivity contribution is -0.118. The fourth-order valence-electron chi connectivity index (χ4n) is 2.31. The zero-order chi connectivity index (χ0) is 18.4. The van der Waals surface area contributed by atoms with Crippen LogP contribution in [0.1, 0.15) is 22.3 Å². The van der Waals surface area contributed by atoms with E-state index in [0.717, 1.165) is 9.87 Å². The van der Waals surface area contributed by atoms with Crippen molar-refractivity contribution in [1.29, 1.82) is 0 Å². The fraction of sp³-hybridized carbons (Fsp3) is 0.222. The van der Waals surface area contributed by atoms with Gasteiger partial charge in [-0.25, -0.2) is 8.42 Å². The summed E-state index contributed by atoms with van der Waals surface area (Å²) in [7, 11) is -3.91. The van der Waals surface area contributed by atoms with E-state index in [1.165, 1.54) is 12.1 Å². The molecule has 0 radical (unpaired) electrons. The van der Waals surface area contributed by atoms with E-state index in [1.807, 2.05) is 6.92 Å². The van der Waals surface area contributed by atoms with E-state index in [4.69, 9.17) is 5.73 Å². The van der Waals surface area contributed by atoms with Crippen LogP contribution in [0.4, 0.5) is 0 Å². The predicted molar refractivity (Wildman–Crippen MR) is 94.5 cm³/mol. The number of sulfonamides is 1. The van der Waals surface area contributed by atoms with Gasteiger partial charge in [0.1, 0.15) is 0 Å². The second kappa shape index (κ2) is 8.04. The van der Waals surface area contributed by atoms with Crippen LogP contribution < -0.4 is 5.73 Å². The molecule has 2 N–H and O–H groups in total. The van der Waals surface area contributed by atoms with Gasteiger partial charge in [0.05, 0.1) is 11.4 Å². The normalized spacial score (nSPS) is 11.4. The van der Waals surface area contributed by atoms with E-state index < -0.39 is 22.5 Å². The smallest absolute Gasteiger partial charge is 0.243 e. The Morgan fingerprint density at radius 1 is 1.00 bits per heavy atom. The standard InChI is InChI=1S/C18H20N2O4S/c1-14-7-9-16(10-8-14)25(23,24)20(13-18(19)22)12-11-17(21)15-5-3-2-4-6-15/h2-10H,11-13H2,1H3,(H2,19,22). The number of benzene rings is 2. The number of hydrogen-bond acceptors (Lipinski definition) is 4. The summed E-state index contributed by atoms with van der Waals surface area (Å²) in [6.07, 6.45) is -0.0393. The largest absolute Gasteiger partial charge is 0.369 e. The SMILES string of the molecule is Cc1ccc(S(=O)(=O)N(CCC(=O)c2ccccc2)CC(N)=O)cc1. The van der Waals surface area contributed by atoms with Gasteiger partial charge in [0.2, 0.25) is 15.9 Å². The van der Waals surface area contributed by atoms with Crippen molar-refractivity contribution in [2.24, 2.45) is 5.73 Å². The first kappa shape index (κ1) is 18.8. The lowest BCUT2D eigenvalue weighted by atomic mass is 10.1. The van der Waals surface area contributed by atoms with Gasteiger partial charge in [0.25, 0.3) is 0 Å². The Bertz CT molecular complexity index is 846. The van der Waals surface area contributed by atoms with Crippen molar-refractivity contribution in [3.8, 4) is 0 Å². The number of Topliss-reactive ketones (excluding diaryl/α,β-unsaturated/α-hetero) is 1. The summed E-state index contributed by atoms with van der Waals surface area (Å²) in [5.74, 6) is -0.975. The van der Waals surface area contributed by atoms with Crippen molar-refractivity contribution in [3.63, 3.8) is 0 Å². The molecule has 0 bridgehead atoms. The lowest BCUT2D eigenvalue weighted by Gasteiger charge is -2.20. The van der Waals surface area contributed by atoms with Crippen LogP contribution in [-0.4, -0.2) is 37.5 Å². The van der Waals surface area contributed by atoms with Crippen LogP contribution in [0.5, 0.6) is 0 Å². The number of rotatable bonds is 8. The molecule has 2 aromatic carbocycles. The first-order valence-corrected chi connectivity index (χ1v) is 9.18. The molecule has 0 fully saturated rings. The Morgan fingerprint density at radius 2 is 1.60 bits per heavy atom. The number of carbonyl (C=O) groups excluding carboxylic acids is 2. The summed E-state index contributed by atoms with van der Waals surface area (Å²) in [5, 5.41) is 0. The Balaban J connectivity index is 2.19. The molecule has 0 heterocycles. The summed E-state index contributed by atoms with van der Waals surface area (Å²) < 4.78 is 26.4. The van der Waals surface area contributed by atoms with Gasteiger partial charge in [-0.15, -0.1) is 0 Å². The number of primary amides is 1. The Labute approximate surface area is 147 Å². The number of aryl methyl sites for hydroxylation is 1. The maximum atomic E-state index is 12.7. The highest BCUT2D eigenvalue weighted by Crippen LogP contribution is 2.17. The van der Waals surface area contributed by atoms with Crippen LogP contribution in [-0.2, 0) is 14.8 Å². The van der Waals surface area contributed by atoms with Gasteiger partial charge in [-0.2, -0.15) is 4.31 Å². The van der Waals surface area contributed by atoms with Crippen LogP contribution in [0.3, 0.4) is 0 Å². The van der Waals surface area contributed by atoms with Crippen molar-refractivity contribution in [3.05, 3.63) is 65.7 Å². The highest BCUT2D eigenvalue weighted by molar-refractivity contribution is 7.89. The van der Waals surface area contributed by atoms with Gasteiger partial charge >= 0.3 is 0 Å². The molecule has 0 aromatic heterocycles. The van der Waals surface area contributed by atoms with E-state index in [1.54, 1.807) is 42.5 Å². The van der Waals surface area contributed by atoms with Crippen molar-refractivity contribution in [2.45, 2.75) is 18.2 Å². The van der Waals surface area contributed by atoms with Crippen LogP contribution in [0.2, 0.25) is 0 Å². The molecule has 0 saturated carbocycles. The van der Waals surface area contributed by atoms with Crippen molar-refractivity contribution in [2.75, 3.05) is 13.1 Å². The molecule has 0 atom stereocenters. The number of ketones is 1. The van der Waals surface area contributed by atoms with Gasteiger partial charge < -0.3 is 5.73 Å². The van der Waals surface area contributed by atoms with Gasteiger partial charge in [0.15, 0.2) is 5.78 Å². The molecule has 1 amide bonds. The van der Waals surface area contributed by atoms with Crippen molar-refractivity contribution >= 4 is 21.7 Å². The average Bonchev–Trinajstić information content (AvgIpc) is 2.59. The number of nitrogens with zero attached hydrogens (tertiary/aromatic N) is 1. The molecule has 0 aliphatic rings. The van der Waals surface area contributed by atoms with Crippen LogP contribution >= 0.6 is 0 Å². The highest BCUT2D eigenvalue weighted by Gasteiger charge is 2.26. The predicted octanol–water partition coefficient (Wildman–Crippen LogP) is 1.74. The fourth-order valence-corrected chi connectivity index (χ4v) is 3.72. The summed E-state index contributed by atoms with van der Waals surface area (Å²) in [6.45, 7) is 1.25.